The van der Waals surface area contributed by atoms with E-state index in [0.29, 0.717) is 11.3 Å². The van der Waals surface area contributed by atoms with Crippen molar-refractivity contribution in [3.8, 4) is 11.3 Å². The summed E-state index contributed by atoms with van der Waals surface area (Å²) in [5, 5.41) is 0.387. The molecule has 0 aliphatic carbocycles. The summed E-state index contributed by atoms with van der Waals surface area (Å²) in [5.41, 5.74) is 0.911. The minimum absolute atomic E-state index is 0.0567. The molecule has 0 aliphatic rings. The number of hydrogen-bond acceptors (Lipinski definition) is 3. The fraction of sp³-hybridized carbons (Fsp3) is 0.0769. The Hall–Kier alpha value is -0.710. The molecular formula is C13H6Cl5NO2. The number of hydrogen-bond donors (Lipinski definition) is 0. The van der Waals surface area contributed by atoms with Gasteiger partial charge >= 0.3 is 5.97 Å². The number of carbonyl (C=O) groups is 1. The molecule has 21 heavy (non-hydrogen) atoms. The lowest BCUT2D eigenvalue weighted by Crippen LogP contribution is -2.02. The summed E-state index contributed by atoms with van der Waals surface area (Å²) < 4.78 is 4.65. The Morgan fingerprint density at radius 1 is 1.00 bits per heavy atom. The Labute approximate surface area is 145 Å². The third-order valence-corrected chi connectivity index (χ3v) is 4.92. The number of benzene rings is 1. The number of rotatable bonds is 2. The Kier molecular flexibility index (Phi) is 5.23. The first-order valence-corrected chi connectivity index (χ1v) is 7.33. The van der Waals surface area contributed by atoms with E-state index < -0.39 is 5.97 Å². The molecule has 0 N–H and O–H groups in total. The molecule has 0 saturated heterocycles. The first-order valence-electron chi connectivity index (χ1n) is 5.44. The minimum atomic E-state index is -0.517. The predicted molar refractivity (Wildman–Crippen MR) is 86.1 cm³/mol. The Morgan fingerprint density at radius 3 is 2.05 bits per heavy atom. The molecular weight excluding hydrogens is 379 g/mol. The quantitative estimate of drug-likeness (QED) is 0.372. The van der Waals surface area contributed by atoms with Crippen LogP contribution < -0.4 is 0 Å². The van der Waals surface area contributed by atoms with E-state index in [1.165, 1.54) is 25.4 Å². The summed E-state index contributed by atoms with van der Waals surface area (Å²) in [6.45, 7) is 0. The van der Waals surface area contributed by atoms with Gasteiger partial charge in [-0.2, -0.15) is 0 Å². The Balaban J connectivity index is 2.71. The molecule has 0 bridgehead atoms. The molecule has 0 saturated carbocycles. The van der Waals surface area contributed by atoms with E-state index in [1.807, 2.05) is 0 Å². The zero-order chi connectivity index (χ0) is 15.7. The second-order valence-electron chi connectivity index (χ2n) is 3.87. The zero-order valence-electron chi connectivity index (χ0n) is 10.4. The lowest BCUT2D eigenvalue weighted by atomic mass is 10.1. The second kappa shape index (κ2) is 6.59. The molecule has 2 aromatic rings. The molecule has 110 valence electrons. The third kappa shape index (κ3) is 3.08. The normalized spacial score (nSPS) is 10.6. The van der Waals surface area contributed by atoms with Crippen molar-refractivity contribution in [1.29, 1.82) is 0 Å². The van der Waals surface area contributed by atoms with Gasteiger partial charge in [0.1, 0.15) is 0 Å². The number of halogens is 5. The lowest BCUT2D eigenvalue weighted by molar-refractivity contribution is 0.0600. The molecule has 0 aliphatic heterocycles. The van der Waals surface area contributed by atoms with E-state index in [1.54, 1.807) is 0 Å². The van der Waals surface area contributed by atoms with Crippen LogP contribution in [0.4, 0.5) is 0 Å². The molecule has 3 nitrogen and oxygen atoms in total. The van der Waals surface area contributed by atoms with Gasteiger partial charge in [-0.1, -0.05) is 58.0 Å². The zero-order valence-corrected chi connectivity index (χ0v) is 14.2. The van der Waals surface area contributed by atoms with Gasteiger partial charge < -0.3 is 4.74 Å². The van der Waals surface area contributed by atoms with Crippen molar-refractivity contribution in [3.63, 3.8) is 0 Å². The standard InChI is InChI=1S/C13H6Cl5NO2/c1-21-13(20)5-2-3-19-6(4-5)7-8(14)10(16)12(18)11(17)9(7)15/h2-4H,1H3. The highest BCUT2D eigenvalue weighted by Crippen LogP contribution is 2.47. The number of nitrogens with zero attached hydrogens (tertiary/aromatic N) is 1. The van der Waals surface area contributed by atoms with Crippen molar-refractivity contribution in [2.75, 3.05) is 7.11 Å². The molecule has 0 radical (unpaired) electrons. The molecule has 0 fully saturated rings. The van der Waals surface area contributed by atoms with E-state index in [9.17, 15) is 4.79 Å². The van der Waals surface area contributed by atoms with Crippen LogP contribution in [0.15, 0.2) is 18.3 Å². The molecule has 1 heterocycles. The Bertz CT molecular complexity index is 704. The van der Waals surface area contributed by atoms with Crippen LogP contribution in [0.1, 0.15) is 10.4 Å². The van der Waals surface area contributed by atoms with Crippen LogP contribution in [0.25, 0.3) is 11.3 Å². The molecule has 1 aromatic heterocycles. The van der Waals surface area contributed by atoms with Gasteiger partial charge in [-0.25, -0.2) is 4.79 Å². The number of esters is 1. The molecule has 2 rings (SSSR count). The topological polar surface area (TPSA) is 39.2 Å². The third-order valence-electron chi connectivity index (χ3n) is 2.65. The monoisotopic (exact) mass is 383 g/mol. The maximum Gasteiger partial charge on any atom is 0.337 e. The van der Waals surface area contributed by atoms with Gasteiger partial charge in [0.05, 0.1) is 43.5 Å². The number of aromatic nitrogens is 1. The Morgan fingerprint density at radius 2 is 1.52 bits per heavy atom. The average molecular weight is 385 g/mol. The second-order valence-corrected chi connectivity index (χ2v) is 5.76. The first kappa shape index (κ1) is 16.7. The van der Waals surface area contributed by atoms with Crippen LogP contribution in [0.3, 0.4) is 0 Å². The fourth-order valence-electron chi connectivity index (χ4n) is 1.64. The van der Waals surface area contributed by atoms with E-state index in [-0.39, 0.29) is 30.7 Å². The van der Waals surface area contributed by atoms with E-state index >= 15 is 0 Å². The fourth-order valence-corrected chi connectivity index (χ4v) is 2.97. The summed E-state index contributed by atoms with van der Waals surface area (Å²) in [4.78, 5) is 15.7. The largest absolute Gasteiger partial charge is 0.465 e. The van der Waals surface area contributed by atoms with Gasteiger partial charge in [-0.3, -0.25) is 4.98 Å². The van der Waals surface area contributed by atoms with Gasteiger partial charge in [-0.05, 0) is 12.1 Å². The van der Waals surface area contributed by atoms with E-state index in [2.05, 4.69) is 9.72 Å². The van der Waals surface area contributed by atoms with E-state index in [0.717, 1.165) is 0 Å². The van der Waals surface area contributed by atoms with Crippen molar-refractivity contribution < 1.29 is 9.53 Å². The van der Waals surface area contributed by atoms with Crippen molar-refractivity contribution in [2.24, 2.45) is 0 Å². The number of pyridine rings is 1. The molecule has 1 aromatic carbocycles. The van der Waals surface area contributed by atoms with Crippen molar-refractivity contribution >= 4 is 64.0 Å². The lowest BCUT2D eigenvalue weighted by Gasteiger charge is -2.12. The van der Waals surface area contributed by atoms with Crippen LogP contribution in [0.2, 0.25) is 25.1 Å². The van der Waals surface area contributed by atoms with Crippen molar-refractivity contribution in [3.05, 3.63) is 49.0 Å². The molecule has 0 spiro atoms. The summed E-state index contributed by atoms with van der Waals surface area (Å²) in [6, 6.07) is 2.97. The molecule has 0 atom stereocenters. The number of ether oxygens (including phenoxy) is 1. The summed E-state index contributed by atoms with van der Waals surface area (Å²) in [6.07, 6.45) is 1.42. The number of carbonyl (C=O) groups excluding carboxylic acids is 1. The van der Waals surface area contributed by atoms with Crippen LogP contribution in [0.5, 0.6) is 0 Å². The van der Waals surface area contributed by atoms with Crippen molar-refractivity contribution in [2.45, 2.75) is 0 Å². The van der Waals surface area contributed by atoms with Gasteiger partial charge in [-0.15, -0.1) is 0 Å². The molecule has 0 amide bonds. The van der Waals surface area contributed by atoms with Crippen molar-refractivity contribution in [1.82, 2.24) is 4.98 Å². The highest BCUT2D eigenvalue weighted by Gasteiger charge is 2.22. The molecule has 8 heteroatoms. The highest BCUT2D eigenvalue weighted by molar-refractivity contribution is 6.56. The summed E-state index contributed by atoms with van der Waals surface area (Å²) >= 11 is 30.3. The summed E-state index contributed by atoms with van der Waals surface area (Å²) in [5.74, 6) is -0.517. The maximum absolute atomic E-state index is 11.6. The number of methoxy groups -OCH3 is 1. The SMILES string of the molecule is COC(=O)c1ccnc(-c2c(Cl)c(Cl)c(Cl)c(Cl)c2Cl)c1. The van der Waals surface area contributed by atoms with Gasteiger partial charge in [0.25, 0.3) is 0 Å². The van der Waals surface area contributed by atoms with Gasteiger partial charge in [0.15, 0.2) is 0 Å². The minimum Gasteiger partial charge on any atom is -0.465 e. The van der Waals surface area contributed by atoms with Gasteiger partial charge in [0, 0.05) is 11.8 Å². The van der Waals surface area contributed by atoms with Crippen LogP contribution in [-0.4, -0.2) is 18.1 Å². The smallest absolute Gasteiger partial charge is 0.337 e. The predicted octanol–water partition coefficient (Wildman–Crippen LogP) is 5.80. The average Bonchev–Trinajstić information content (AvgIpc) is 2.50. The van der Waals surface area contributed by atoms with Crippen LogP contribution in [-0.2, 0) is 4.74 Å². The van der Waals surface area contributed by atoms with Crippen LogP contribution in [0, 0.1) is 0 Å². The highest BCUT2D eigenvalue weighted by atomic mass is 35.5. The van der Waals surface area contributed by atoms with E-state index in [4.69, 9.17) is 58.0 Å². The molecule has 0 unspecified atom stereocenters. The first-order chi connectivity index (χ1) is 9.88. The maximum atomic E-state index is 11.6. The van der Waals surface area contributed by atoms with Gasteiger partial charge in [0.2, 0.25) is 0 Å². The van der Waals surface area contributed by atoms with Crippen LogP contribution >= 0.6 is 58.0 Å². The summed E-state index contributed by atoms with van der Waals surface area (Å²) in [7, 11) is 1.28.